The molecule has 63 heavy (non-hydrogen) atoms. The summed E-state index contributed by atoms with van der Waals surface area (Å²) in [5, 5.41) is 7.74. The van der Waals surface area contributed by atoms with Crippen LogP contribution in [-0.2, 0) is 14.1 Å². The van der Waals surface area contributed by atoms with Gasteiger partial charge in [-0.25, -0.2) is 0 Å². The number of aromatic nitrogens is 2. The topological polar surface area (TPSA) is 23.0 Å². The SMILES string of the molecule is CC.CC.CC.CC.CC.CC.CC.CC.CC.CC.CC.Cn1c2ccccc2c2ccccc21.Cn1c2ccccc2c2ccccc21.c1ccc2c(c1)oc1ccccc12. The van der Waals surface area contributed by atoms with Crippen molar-refractivity contribution in [1.82, 2.24) is 9.13 Å². The third-order valence-corrected chi connectivity index (χ3v) is 7.93. The van der Waals surface area contributed by atoms with Gasteiger partial charge in [-0.2, -0.15) is 0 Å². The van der Waals surface area contributed by atoms with Gasteiger partial charge in [-0.3, -0.25) is 0 Å². The average molecular weight is 861 g/mol. The summed E-state index contributed by atoms with van der Waals surface area (Å²) in [4.78, 5) is 0. The number of nitrogens with zero attached hydrogens (tertiary/aromatic N) is 2. The molecule has 0 unspecified atom stereocenters. The van der Waals surface area contributed by atoms with Crippen molar-refractivity contribution in [2.45, 2.75) is 152 Å². The summed E-state index contributed by atoms with van der Waals surface area (Å²) in [7, 11) is 4.23. The summed E-state index contributed by atoms with van der Waals surface area (Å²) in [6, 6.07) is 50.3. The third kappa shape index (κ3) is 19.8. The van der Waals surface area contributed by atoms with Gasteiger partial charge in [0.25, 0.3) is 0 Å². The molecule has 0 radical (unpaired) electrons. The Balaban J connectivity index is -0.000000219. The summed E-state index contributed by atoms with van der Waals surface area (Å²) >= 11 is 0. The summed E-state index contributed by atoms with van der Waals surface area (Å²) in [5.41, 5.74) is 7.12. The lowest BCUT2D eigenvalue weighted by Gasteiger charge is -1.95. The van der Waals surface area contributed by atoms with Crippen LogP contribution < -0.4 is 0 Å². The minimum absolute atomic E-state index is 0.962. The average Bonchev–Trinajstić information content (AvgIpc) is 4.05. The second-order valence-corrected chi connectivity index (χ2v) is 10.3. The monoisotopic (exact) mass is 861 g/mol. The Morgan fingerprint density at radius 2 is 0.381 bits per heavy atom. The maximum Gasteiger partial charge on any atom is 0.135 e. The second-order valence-electron chi connectivity index (χ2n) is 10.3. The van der Waals surface area contributed by atoms with Crippen molar-refractivity contribution in [1.29, 1.82) is 0 Å². The number of fused-ring (bicyclic) bond motifs is 9. The second kappa shape index (κ2) is 46.2. The summed E-state index contributed by atoms with van der Waals surface area (Å²) < 4.78 is 10.1. The van der Waals surface area contributed by atoms with E-state index in [2.05, 4.69) is 132 Å². The van der Waals surface area contributed by atoms with Gasteiger partial charge in [0.1, 0.15) is 11.2 Å². The molecule has 6 aromatic carbocycles. The lowest BCUT2D eigenvalue weighted by Crippen LogP contribution is -1.84. The van der Waals surface area contributed by atoms with Crippen LogP contribution in [0.3, 0.4) is 0 Å². The largest absolute Gasteiger partial charge is 0.456 e. The van der Waals surface area contributed by atoms with E-state index < -0.39 is 0 Å². The number of aryl methyl sites for hydroxylation is 2. The van der Waals surface area contributed by atoms with Gasteiger partial charge in [-0.1, -0.05) is 262 Å². The molecule has 0 saturated carbocycles. The van der Waals surface area contributed by atoms with Crippen molar-refractivity contribution in [2.24, 2.45) is 14.1 Å². The van der Waals surface area contributed by atoms with Crippen molar-refractivity contribution >= 4 is 65.6 Å². The number of hydrogen-bond donors (Lipinski definition) is 0. The fourth-order valence-corrected chi connectivity index (χ4v) is 5.91. The van der Waals surface area contributed by atoms with Crippen LogP contribution in [0.25, 0.3) is 65.6 Å². The molecule has 9 aromatic rings. The van der Waals surface area contributed by atoms with Crippen LogP contribution in [0.4, 0.5) is 0 Å². The molecule has 0 fully saturated rings. The Morgan fingerprint density at radius 3 is 0.587 bits per heavy atom. The van der Waals surface area contributed by atoms with Crippen LogP contribution in [0.5, 0.6) is 0 Å². The Kier molecular flexibility index (Phi) is 49.0. The number of para-hydroxylation sites is 6. The van der Waals surface area contributed by atoms with Crippen molar-refractivity contribution in [2.75, 3.05) is 0 Å². The molecule has 3 nitrogen and oxygen atoms in total. The normalized spacial score (nSPS) is 8.32. The van der Waals surface area contributed by atoms with Crippen molar-refractivity contribution in [3.05, 3.63) is 146 Å². The van der Waals surface area contributed by atoms with Gasteiger partial charge in [0, 0.05) is 68.5 Å². The first-order valence-corrected chi connectivity index (χ1v) is 24.9. The minimum Gasteiger partial charge on any atom is -0.456 e. The number of rotatable bonds is 0. The van der Waals surface area contributed by atoms with Crippen molar-refractivity contribution in [3.63, 3.8) is 0 Å². The fraction of sp³-hybridized carbons (Fsp3) is 0.400. The Labute approximate surface area is 389 Å². The van der Waals surface area contributed by atoms with E-state index in [1.54, 1.807) is 0 Å². The minimum atomic E-state index is 0.962. The highest BCUT2D eigenvalue weighted by atomic mass is 16.3. The highest BCUT2D eigenvalue weighted by molar-refractivity contribution is 6.09. The quantitative estimate of drug-likeness (QED) is 0.149. The molecular weight excluding hydrogens is 765 g/mol. The molecule has 0 atom stereocenters. The zero-order valence-corrected chi connectivity index (χ0v) is 45.2. The van der Waals surface area contributed by atoms with E-state index in [0.717, 1.165) is 11.2 Å². The van der Waals surface area contributed by atoms with E-state index in [1.807, 2.05) is 189 Å². The molecular formula is C60H96N2O. The number of benzene rings is 6. The van der Waals surface area contributed by atoms with E-state index in [0.29, 0.717) is 0 Å². The summed E-state index contributed by atoms with van der Waals surface area (Å²) in [6.07, 6.45) is 0. The predicted octanol–water partition coefficient (Wildman–Crippen LogP) is 21.5. The zero-order valence-electron chi connectivity index (χ0n) is 45.2. The lowest BCUT2D eigenvalue weighted by atomic mass is 10.2. The number of hydrogen-bond acceptors (Lipinski definition) is 1. The van der Waals surface area contributed by atoms with Gasteiger partial charge in [0.05, 0.1) is 0 Å². The van der Waals surface area contributed by atoms with Crippen molar-refractivity contribution in [3.8, 4) is 0 Å². The van der Waals surface area contributed by atoms with Crippen LogP contribution in [0, 0.1) is 0 Å². The first-order chi connectivity index (χ1) is 31.2. The highest BCUT2D eigenvalue weighted by Gasteiger charge is 2.06. The molecule has 3 aromatic heterocycles. The molecule has 0 N–H and O–H groups in total. The molecule has 352 valence electrons. The highest BCUT2D eigenvalue weighted by Crippen LogP contribution is 2.29. The maximum absolute atomic E-state index is 5.65. The molecule has 0 bridgehead atoms. The molecule has 0 amide bonds. The van der Waals surface area contributed by atoms with E-state index in [9.17, 15) is 0 Å². The summed E-state index contributed by atoms with van der Waals surface area (Å²) in [5.74, 6) is 0. The molecule has 9 rings (SSSR count). The molecule has 0 aliphatic carbocycles. The first-order valence-electron chi connectivity index (χ1n) is 24.9. The van der Waals surface area contributed by atoms with Gasteiger partial charge in [0.2, 0.25) is 0 Å². The zero-order chi connectivity index (χ0) is 49.8. The van der Waals surface area contributed by atoms with Crippen LogP contribution in [-0.4, -0.2) is 9.13 Å². The van der Waals surface area contributed by atoms with Gasteiger partial charge in [-0.15, -0.1) is 0 Å². The Hall–Kier alpha value is -5.28. The maximum atomic E-state index is 5.65. The predicted molar refractivity (Wildman–Crippen MR) is 299 cm³/mol. The molecule has 3 heteroatoms. The smallest absolute Gasteiger partial charge is 0.135 e. The van der Waals surface area contributed by atoms with E-state index >= 15 is 0 Å². The third-order valence-electron chi connectivity index (χ3n) is 7.93. The van der Waals surface area contributed by atoms with Gasteiger partial charge < -0.3 is 13.6 Å². The van der Waals surface area contributed by atoms with Crippen LogP contribution in [0.2, 0.25) is 0 Å². The summed E-state index contributed by atoms with van der Waals surface area (Å²) in [6.45, 7) is 44.0. The molecule has 0 aliphatic rings. The van der Waals surface area contributed by atoms with E-state index in [1.165, 1.54) is 54.4 Å². The number of furan rings is 1. The molecule has 0 saturated heterocycles. The fourth-order valence-electron chi connectivity index (χ4n) is 5.91. The standard InChI is InChI=1S/2C13H11N.C12H8O.11C2H6/c2*1-14-12-8-4-2-6-10(12)11-7-3-5-9-13(11)14;1-3-7-11-9(5-1)10-6-2-4-8-12(10)13-11;11*1-2/h2*2-9H,1H3;1-8H;11*1-2H3. The van der Waals surface area contributed by atoms with Gasteiger partial charge in [-0.05, 0) is 36.4 Å². The first kappa shape index (κ1) is 66.8. The van der Waals surface area contributed by atoms with E-state index in [4.69, 9.17) is 4.42 Å². The van der Waals surface area contributed by atoms with Gasteiger partial charge in [0.15, 0.2) is 0 Å². The Morgan fingerprint density at radius 1 is 0.222 bits per heavy atom. The van der Waals surface area contributed by atoms with Gasteiger partial charge >= 0.3 is 0 Å². The van der Waals surface area contributed by atoms with Crippen LogP contribution in [0.1, 0.15) is 152 Å². The van der Waals surface area contributed by atoms with Crippen molar-refractivity contribution < 1.29 is 4.42 Å². The van der Waals surface area contributed by atoms with E-state index in [-0.39, 0.29) is 0 Å². The van der Waals surface area contributed by atoms with Crippen LogP contribution >= 0.6 is 0 Å². The van der Waals surface area contributed by atoms with Crippen LogP contribution in [0.15, 0.2) is 150 Å². The molecule has 0 spiro atoms. The molecule has 0 aliphatic heterocycles. The Bertz CT molecular complexity index is 2030. The molecule has 3 heterocycles. The lowest BCUT2D eigenvalue weighted by molar-refractivity contribution is 0.669.